The van der Waals surface area contributed by atoms with Crippen LogP contribution in [0.15, 0.2) is 0 Å². The summed E-state index contributed by atoms with van der Waals surface area (Å²) in [6, 6.07) is 0. The molecule has 0 aromatic heterocycles. The van der Waals surface area contributed by atoms with Crippen LogP contribution in [0.2, 0.25) is 0 Å². The van der Waals surface area contributed by atoms with Crippen LogP contribution in [0.3, 0.4) is 0 Å². The number of hydrogen-bond acceptors (Lipinski definition) is 4. The molecule has 0 radical (unpaired) electrons. The molecule has 74 valence electrons. The fourth-order valence-corrected chi connectivity index (χ4v) is 0.518. The Morgan fingerprint density at radius 2 is 1.58 bits per heavy atom. The molecule has 0 bridgehead atoms. The van der Waals surface area contributed by atoms with E-state index in [4.69, 9.17) is 19.4 Å². The van der Waals surface area contributed by atoms with Crippen molar-refractivity contribution < 1.29 is 19.4 Å². The summed E-state index contributed by atoms with van der Waals surface area (Å²) < 4.78 is 10.1. The molecule has 4 nitrogen and oxygen atoms in total. The van der Waals surface area contributed by atoms with Crippen LogP contribution >= 0.6 is 0 Å². The first-order valence-corrected chi connectivity index (χ1v) is 3.95. The fourth-order valence-electron chi connectivity index (χ4n) is 0.518. The minimum absolute atomic E-state index is 0.0370. The summed E-state index contributed by atoms with van der Waals surface area (Å²) in [4.78, 5) is 8.89. The highest BCUT2D eigenvalue weighted by molar-refractivity contribution is 5.60. The Hall–Kier alpha value is -0.610. The van der Waals surface area contributed by atoms with E-state index in [0.29, 0.717) is 0 Å². The van der Waals surface area contributed by atoms with Crippen LogP contribution in [0, 0.1) is 0 Å². The maximum absolute atomic E-state index is 8.89. The number of hydrogen-bond donors (Lipinski definition) is 0. The van der Waals surface area contributed by atoms with Gasteiger partial charge in [0.05, 0.1) is 0 Å². The number of aliphatic carboxylic acids is 1. The van der Waals surface area contributed by atoms with Gasteiger partial charge >= 0.3 is 0 Å². The molecule has 0 aromatic carbocycles. The monoisotopic (exact) mass is 177 g/mol. The summed E-state index contributed by atoms with van der Waals surface area (Å²) in [5.41, 5.74) is 0. The minimum atomic E-state index is -1.08. The summed E-state index contributed by atoms with van der Waals surface area (Å²) in [6.07, 6.45) is -0.0370. The van der Waals surface area contributed by atoms with E-state index < -0.39 is 5.97 Å². The number of rotatable bonds is 4. The van der Waals surface area contributed by atoms with Crippen LogP contribution in [0.5, 0.6) is 0 Å². The Bertz CT molecular complexity index is 93.2. The zero-order chi connectivity index (χ0) is 9.98. The average Bonchev–Trinajstić information content (AvgIpc) is 1.87. The van der Waals surface area contributed by atoms with E-state index in [1.54, 1.807) is 0 Å². The normalized spacial score (nSPS) is 9.08. The first-order chi connectivity index (χ1) is 5.54. The fraction of sp³-hybridized carbons (Fsp3) is 0.875. The second-order valence-corrected chi connectivity index (χ2v) is 1.97. The predicted octanol–water partition coefficient (Wildman–Crippen LogP) is 0.162. The zero-order valence-electron chi connectivity index (χ0n) is 8.12. The Morgan fingerprint density at radius 1 is 1.33 bits per heavy atom. The SMILES string of the molecule is CC(=O)[O-].CCOC(C)OCC. The van der Waals surface area contributed by atoms with Crippen molar-refractivity contribution in [1.82, 2.24) is 0 Å². The van der Waals surface area contributed by atoms with Gasteiger partial charge in [-0.25, -0.2) is 0 Å². The molecule has 0 amide bonds. The molecule has 0 fully saturated rings. The molecule has 0 aliphatic carbocycles. The molecule has 0 heterocycles. The van der Waals surface area contributed by atoms with Crippen molar-refractivity contribution >= 4 is 5.97 Å². The van der Waals surface area contributed by atoms with Gasteiger partial charge < -0.3 is 19.4 Å². The van der Waals surface area contributed by atoms with E-state index in [0.717, 1.165) is 20.1 Å². The molecule has 12 heavy (non-hydrogen) atoms. The molecule has 4 heteroatoms. The summed E-state index contributed by atoms with van der Waals surface area (Å²) in [5.74, 6) is -1.08. The Kier molecular flexibility index (Phi) is 12.1. The molecule has 0 atom stereocenters. The van der Waals surface area contributed by atoms with Crippen molar-refractivity contribution in [3.8, 4) is 0 Å². The second kappa shape index (κ2) is 10.4. The van der Waals surface area contributed by atoms with E-state index >= 15 is 0 Å². The molecule has 0 unspecified atom stereocenters. The van der Waals surface area contributed by atoms with Crippen LogP contribution in [-0.4, -0.2) is 25.5 Å². The van der Waals surface area contributed by atoms with Gasteiger partial charge in [0.1, 0.15) is 0 Å². The highest BCUT2D eigenvalue weighted by atomic mass is 16.7. The Balaban J connectivity index is 0. The van der Waals surface area contributed by atoms with Crippen LogP contribution in [-0.2, 0) is 14.3 Å². The van der Waals surface area contributed by atoms with Crippen LogP contribution in [0.25, 0.3) is 0 Å². The Morgan fingerprint density at radius 3 is 1.75 bits per heavy atom. The lowest BCUT2D eigenvalue weighted by molar-refractivity contribution is -0.302. The largest absolute Gasteiger partial charge is 0.550 e. The lowest BCUT2D eigenvalue weighted by Gasteiger charge is -2.09. The van der Waals surface area contributed by atoms with Gasteiger partial charge in [-0.3, -0.25) is 0 Å². The quantitative estimate of drug-likeness (QED) is 0.574. The number of ether oxygens (including phenoxy) is 2. The van der Waals surface area contributed by atoms with Crippen molar-refractivity contribution in [2.45, 2.75) is 34.0 Å². The van der Waals surface area contributed by atoms with Crippen LogP contribution in [0.1, 0.15) is 27.7 Å². The minimum Gasteiger partial charge on any atom is -0.550 e. The van der Waals surface area contributed by atoms with Gasteiger partial charge in [-0.1, -0.05) is 0 Å². The number of carbonyl (C=O) groups excluding carboxylic acids is 1. The van der Waals surface area contributed by atoms with Crippen molar-refractivity contribution in [3.05, 3.63) is 0 Å². The smallest absolute Gasteiger partial charge is 0.154 e. The van der Waals surface area contributed by atoms with Gasteiger partial charge in [0.2, 0.25) is 0 Å². The lowest BCUT2D eigenvalue weighted by atomic mass is 10.7. The third-order valence-electron chi connectivity index (χ3n) is 0.803. The molecule has 0 N–H and O–H groups in total. The maximum Gasteiger partial charge on any atom is 0.154 e. The van der Waals surface area contributed by atoms with Gasteiger partial charge in [0.15, 0.2) is 6.29 Å². The zero-order valence-corrected chi connectivity index (χ0v) is 8.12. The second-order valence-electron chi connectivity index (χ2n) is 1.97. The van der Waals surface area contributed by atoms with E-state index in [1.165, 1.54) is 0 Å². The third-order valence-corrected chi connectivity index (χ3v) is 0.803. The van der Waals surface area contributed by atoms with E-state index in [1.807, 2.05) is 20.8 Å². The van der Waals surface area contributed by atoms with Gasteiger partial charge in [-0.15, -0.1) is 0 Å². The first kappa shape index (κ1) is 13.9. The summed E-state index contributed by atoms with van der Waals surface area (Å²) in [6.45, 7) is 8.22. The highest BCUT2D eigenvalue weighted by Gasteiger charge is 1.94. The summed E-state index contributed by atoms with van der Waals surface area (Å²) >= 11 is 0. The van der Waals surface area contributed by atoms with E-state index in [-0.39, 0.29) is 6.29 Å². The molecular weight excluding hydrogens is 160 g/mol. The maximum atomic E-state index is 8.89. The molecule has 0 aliphatic heterocycles. The molecule has 0 saturated heterocycles. The summed E-state index contributed by atoms with van der Waals surface area (Å²) in [7, 11) is 0. The number of carbonyl (C=O) groups is 1. The van der Waals surface area contributed by atoms with Crippen molar-refractivity contribution in [3.63, 3.8) is 0 Å². The predicted molar refractivity (Wildman–Crippen MR) is 43.4 cm³/mol. The molecule has 0 spiro atoms. The standard InChI is InChI=1S/C6H14O2.C2H4O2/c1-4-7-6(3)8-5-2;1-2(3)4/h6H,4-5H2,1-3H3;1H3,(H,3,4)/p-1. The van der Waals surface area contributed by atoms with Gasteiger partial charge in [-0.05, 0) is 27.7 Å². The van der Waals surface area contributed by atoms with Gasteiger partial charge in [0, 0.05) is 19.2 Å². The molecule has 0 aliphatic rings. The average molecular weight is 177 g/mol. The van der Waals surface area contributed by atoms with E-state index in [2.05, 4.69) is 0 Å². The van der Waals surface area contributed by atoms with Gasteiger partial charge in [-0.2, -0.15) is 0 Å². The first-order valence-electron chi connectivity index (χ1n) is 3.95. The van der Waals surface area contributed by atoms with E-state index in [9.17, 15) is 0 Å². The highest BCUT2D eigenvalue weighted by Crippen LogP contribution is 1.90. The van der Waals surface area contributed by atoms with Crippen molar-refractivity contribution in [2.75, 3.05) is 13.2 Å². The van der Waals surface area contributed by atoms with Crippen LogP contribution < -0.4 is 5.11 Å². The van der Waals surface area contributed by atoms with Crippen LogP contribution in [0.4, 0.5) is 0 Å². The topological polar surface area (TPSA) is 58.6 Å². The molecule has 0 aromatic rings. The number of carboxylic acid groups (broad SMARTS) is 1. The lowest BCUT2D eigenvalue weighted by Crippen LogP contribution is -2.16. The van der Waals surface area contributed by atoms with Crippen molar-refractivity contribution in [2.24, 2.45) is 0 Å². The van der Waals surface area contributed by atoms with Crippen molar-refractivity contribution in [1.29, 1.82) is 0 Å². The molecule has 0 saturated carbocycles. The third kappa shape index (κ3) is 22.8. The molecular formula is C8H17O4-. The Labute approximate surface area is 73.5 Å². The van der Waals surface area contributed by atoms with Gasteiger partial charge in [0.25, 0.3) is 0 Å². The molecule has 0 rings (SSSR count). The number of carboxylic acids is 1. The summed E-state index contributed by atoms with van der Waals surface area (Å²) in [5, 5.41) is 8.89.